The lowest BCUT2D eigenvalue weighted by atomic mass is 9.97. The van der Waals surface area contributed by atoms with E-state index in [1.807, 2.05) is 11.8 Å². The van der Waals surface area contributed by atoms with Crippen molar-refractivity contribution in [3.63, 3.8) is 0 Å². The normalized spacial score (nSPS) is 17.4. The van der Waals surface area contributed by atoms with E-state index in [2.05, 4.69) is 15.5 Å². The van der Waals surface area contributed by atoms with Crippen LogP contribution in [-0.4, -0.2) is 36.4 Å². The Kier molecular flexibility index (Phi) is 5.20. The summed E-state index contributed by atoms with van der Waals surface area (Å²) in [7, 11) is 0. The third-order valence-corrected chi connectivity index (χ3v) is 4.39. The zero-order valence-electron chi connectivity index (χ0n) is 11.4. The van der Waals surface area contributed by atoms with Crippen LogP contribution in [0.15, 0.2) is 0 Å². The Bertz CT molecular complexity index is 415. The third kappa shape index (κ3) is 4.05. The summed E-state index contributed by atoms with van der Waals surface area (Å²) in [6.45, 7) is 5.46. The molecular formula is C12H19F3N4S. The summed E-state index contributed by atoms with van der Waals surface area (Å²) < 4.78 is 37.8. The lowest BCUT2D eigenvalue weighted by Gasteiger charge is -2.29. The highest BCUT2D eigenvalue weighted by Crippen LogP contribution is 2.34. The molecule has 0 atom stereocenters. The van der Waals surface area contributed by atoms with Crippen LogP contribution in [0.25, 0.3) is 0 Å². The van der Waals surface area contributed by atoms with Gasteiger partial charge >= 0.3 is 6.18 Å². The van der Waals surface area contributed by atoms with Crippen molar-refractivity contribution in [1.82, 2.24) is 15.5 Å². The van der Waals surface area contributed by atoms with Gasteiger partial charge < -0.3 is 10.2 Å². The van der Waals surface area contributed by atoms with Crippen LogP contribution in [0.2, 0.25) is 0 Å². The minimum Gasteiger partial charge on any atom is -0.346 e. The number of rotatable bonds is 5. The van der Waals surface area contributed by atoms with E-state index >= 15 is 0 Å². The molecule has 1 N–H and O–H groups in total. The summed E-state index contributed by atoms with van der Waals surface area (Å²) in [5, 5.41) is 9.81. The van der Waals surface area contributed by atoms with Gasteiger partial charge in [0.1, 0.15) is 0 Å². The van der Waals surface area contributed by atoms with Crippen LogP contribution in [-0.2, 0) is 6.18 Å². The highest BCUT2D eigenvalue weighted by Gasteiger charge is 2.36. The van der Waals surface area contributed by atoms with Gasteiger partial charge in [0.2, 0.25) is 10.1 Å². The number of hydrogen-bond donors (Lipinski definition) is 1. The number of alkyl halides is 3. The van der Waals surface area contributed by atoms with Crippen LogP contribution in [0, 0.1) is 5.92 Å². The van der Waals surface area contributed by atoms with E-state index < -0.39 is 11.2 Å². The fraction of sp³-hybridized carbons (Fsp3) is 0.833. The first-order valence-electron chi connectivity index (χ1n) is 6.87. The summed E-state index contributed by atoms with van der Waals surface area (Å²) in [5.41, 5.74) is 0. The fourth-order valence-electron chi connectivity index (χ4n) is 2.37. The molecule has 2 rings (SSSR count). The second kappa shape index (κ2) is 6.71. The number of anilines is 1. The lowest BCUT2D eigenvalue weighted by Crippen LogP contribution is -2.36. The maximum absolute atomic E-state index is 12.6. The van der Waals surface area contributed by atoms with E-state index in [0.29, 0.717) is 22.4 Å². The van der Waals surface area contributed by atoms with E-state index in [4.69, 9.17) is 0 Å². The maximum Gasteiger partial charge on any atom is 0.445 e. The van der Waals surface area contributed by atoms with Gasteiger partial charge in [-0.25, -0.2) is 0 Å². The van der Waals surface area contributed by atoms with Gasteiger partial charge in [-0.2, -0.15) is 13.2 Å². The van der Waals surface area contributed by atoms with Crippen LogP contribution >= 0.6 is 11.3 Å². The van der Waals surface area contributed by atoms with Crippen molar-refractivity contribution >= 4 is 16.5 Å². The SMILES string of the molecule is CCCN(CC1CCNCC1)c1nnc(C(F)(F)F)s1. The average molecular weight is 308 g/mol. The average Bonchev–Trinajstić information content (AvgIpc) is 2.89. The van der Waals surface area contributed by atoms with Gasteiger partial charge in [-0.15, -0.1) is 10.2 Å². The molecule has 1 aliphatic heterocycles. The summed E-state index contributed by atoms with van der Waals surface area (Å²) in [6.07, 6.45) is -1.40. The van der Waals surface area contributed by atoms with Gasteiger partial charge in [-0.3, -0.25) is 0 Å². The van der Waals surface area contributed by atoms with Crippen LogP contribution in [0.4, 0.5) is 18.3 Å². The molecule has 20 heavy (non-hydrogen) atoms. The largest absolute Gasteiger partial charge is 0.445 e. The quantitative estimate of drug-likeness (QED) is 0.908. The molecule has 2 heterocycles. The third-order valence-electron chi connectivity index (χ3n) is 3.36. The Morgan fingerprint density at radius 1 is 1.30 bits per heavy atom. The summed E-state index contributed by atoms with van der Waals surface area (Å²) in [4.78, 5) is 1.95. The molecule has 0 amide bonds. The molecule has 0 bridgehead atoms. The summed E-state index contributed by atoms with van der Waals surface area (Å²) >= 11 is 0.640. The first-order chi connectivity index (χ1) is 9.50. The van der Waals surface area contributed by atoms with Crippen molar-refractivity contribution in [2.24, 2.45) is 5.92 Å². The van der Waals surface area contributed by atoms with Crippen molar-refractivity contribution in [3.05, 3.63) is 5.01 Å². The van der Waals surface area contributed by atoms with Crippen molar-refractivity contribution < 1.29 is 13.2 Å². The Hall–Kier alpha value is -0.890. The first kappa shape index (κ1) is 15.5. The van der Waals surface area contributed by atoms with Crippen LogP contribution in [0.3, 0.4) is 0 Å². The summed E-state index contributed by atoms with van der Waals surface area (Å²) in [5.74, 6) is 0.515. The molecule has 0 aromatic carbocycles. The van der Waals surface area contributed by atoms with Crippen molar-refractivity contribution in [1.29, 1.82) is 0 Å². The standard InChI is InChI=1S/C12H19F3N4S/c1-2-7-19(8-9-3-5-16-6-4-9)11-18-17-10(20-11)12(13,14)15/h9,16H,2-8H2,1H3. The lowest BCUT2D eigenvalue weighted by molar-refractivity contribution is -0.138. The molecule has 1 fully saturated rings. The van der Waals surface area contributed by atoms with E-state index in [1.54, 1.807) is 0 Å². The maximum atomic E-state index is 12.6. The van der Waals surface area contributed by atoms with Gasteiger partial charge in [-0.05, 0) is 38.3 Å². The van der Waals surface area contributed by atoms with E-state index in [-0.39, 0.29) is 0 Å². The second-order valence-electron chi connectivity index (χ2n) is 5.03. The smallest absolute Gasteiger partial charge is 0.346 e. The molecule has 8 heteroatoms. The Labute approximate surface area is 120 Å². The molecule has 1 aromatic rings. The van der Waals surface area contributed by atoms with Gasteiger partial charge in [0.25, 0.3) is 0 Å². The zero-order valence-corrected chi connectivity index (χ0v) is 12.2. The van der Waals surface area contributed by atoms with Gasteiger partial charge in [0, 0.05) is 13.1 Å². The number of hydrogen-bond acceptors (Lipinski definition) is 5. The zero-order chi connectivity index (χ0) is 14.6. The van der Waals surface area contributed by atoms with Crippen molar-refractivity contribution in [3.8, 4) is 0 Å². The minimum atomic E-state index is -4.40. The molecule has 4 nitrogen and oxygen atoms in total. The van der Waals surface area contributed by atoms with E-state index in [9.17, 15) is 13.2 Å². The second-order valence-corrected chi connectivity index (χ2v) is 5.98. The monoisotopic (exact) mass is 308 g/mol. The van der Waals surface area contributed by atoms with Gasteiger partial charge in [-0.1, -0.05) is 18.3 Å². The number of aromatic nitrogens is 2. The molecule has 0 aliphatic carbocycles. The molecule has 0 radical (unpaired) electrons. The van der Waals surface area contributed by atoms with E-state index in [0.717, 1.165) is 45.4 Å². The minimum absolute atomic E-state index is 0.387. The fourth-order valence-corrected chi connectivity index (χ4v) is 3.12. The van der Waals surface area contributed by atoms with Gasteiger partial charge in [0.05, 0.1) is 0 Å². The molecule has 1 saturated heterocycles. The molecule has 114 valence electrons. The Balaban J connectivity index is 2.05. The summed E-state index contributed by atoms with van der Waals surface area (Å²) in [6, 6.07) is 0. The first-order valence-corrected chi connectivity index (χ1v) is 7.68. The van der Waals surface area contributed by atoms with E-state index in [1.165, 1.54) is 0 Å². The highest BCUT2D eigenvalue weighted by molar-refractivity contribution is 7.15. The van der Waals surface area contributed by atoms with Gasteiger partial charge in [0.15, 0.2) is 0 Å². The van der Waals surface area contributed by atoms with Crippen molar-refractivity contribution in [2.45, 2.75) is 32.4 Å². The number of nitrogens with zero attached hydrogens (tertiary/aromatic N) is 3. The van der Waals surface area contributed by atoms with Crippen molar-refractivity contribution in [2.75, 3.05) is 31.1 Å². The Morgan fingerprint density at radius 2 is 2.00 bits per heavy atom. The van der Waals surface area contributed by atoms with Crippen LogP contribution < -0.4 is 10.2 Å². The molecule has 1 aliphatic rings. The highest BCUT2D eigenvalue weighted by atomic mass is 32.1. The Morgan fingerprint density at radius 3 is 2.55 bits per heavy atom. The molecular weight excluding hydrogens is 289 g/mol. The number of piperidine rings is 1. The number of halogens is 3. The predicted octanol–water partition coefficient (Wildman–Crippen LogP) is 2.77. The topological polar surface area (TPSA) is 41.0 Å². The molecule has 0 spiro atoms. The number of nitrogens with one attached hydrogen (secondary N) is 1. The molecule has 0 saturated carbocycles. The molecule has 1 aromatic heterocycles. The van der Waals surface area contributed by atoms with Crippen LogP contribution in [0.5, 0.6) is 0 Å². The predicted molar refractivity (Wildman–Crippen MR) is 73.0 cm³/mol. The van der Waals surface area contributed by atoms with Crippen LogP contribution in [0.1, 0.15) is 31.2 Å². The molecule has 0 unspecified atom stereocenters.